The van der Waals surface area contributed by atoms with Gasteiger partial charge in [-0.05, 0) is 49.4 Å². The zero-order valence-electron chi connectivity index (χ0n) is 14.3. The summed E-state index contributed by atoms with van der Waals surface area (Å²) in [6.07, 6.45) is 2.06. The third kappa shape index (κ3) is 5.31. The monoisotopic (exact) mass is 395 g/mol. The van der Waals surface area contributed by atoms with Gasteiger partial charge in [0, 0.05) is 29.2 Å². The van der Waals surface area contributed by atoms with Crippen LogP contribution in [0.5, 0.6) is 0 Å². The molecular formula is C18H26BrN3O2. The van der Waals surface area contributed by atoms with Crippen molar-refractivity contribution in [2.75, 3.05) is 18.4 Å². The Kier molecular flexibility index (Phi) is 6.80. The summed E-state index contributed by atoms with van der Waals surface area (Å²) < 4.78 is 0.977. The molecule has 0 aliphatic carbocycles. The van der Waals surface area contributed by atoms with E-state index in [0.717, 1.165) is 10.2 Å². The van der Waals surface area contributed by atoms with E-state index in [2.05, 4.69) is 35.1 Å². The molecule has 1 heterocycles. The molecule has 6 heteroatoms. The molecular weight excluding hydrogens is 370 g/mol. The number of anilines is 1. The molecule has 0 bridgehead atoms. The van der Waals surface area contributed by atoms with E-state index in [9.17, 15) is 9.59 Å². The first-order valence-electron chi connectivity index (χ1n) is 8.47. The molecule has 1 aliphatic rings. The quantitative estimate of drug-likeness (QED) is 0.804. The van der Waals surface area contributed by atoms with E-state index in [1.807, 2.05) is 24.3 Å². The van der Waals surface area contributed by atoms with E-state index in [1.54, 1.807) is 4.90 Å². The molecule has 5 nitrogen and oxygen atoms in total. The first-order valence-corrected chi connectivity index (χ1v) is 9.27. The van der Waals surface area contributed by atoms with E-state index in [-0.39, 0.29) is 17.7 Å². The van der Waals surface area contributed by atoms with E-state index >= 15 is 0 Å². The zero-order chi connectivity index (χ0) is 17.7. The van der Waals surface area contributed by atoms with Gasteiger partial charge < -0.3 is 16.0 Å². The van der Waals surface area contributed by atoms with Crippen molar-refractivity contribution in [2.24, 2.45) is 17.6 Å². The number of carbonyl (C=O) groups is 2. The van der Waals surface area contributed by atoms with Crippen LogP contribution in [0.2, 0.25) is 0 Å². The van der Waals surface area contributed by atoms with Gasteiger partial charge in [-0.2, -0.15) is 0 Å². The minimum absolute atomic E-state index is 0.00969. The third-order valence-corrected chi connectivity index (χ3v) is 4.86. The van der Waals surface area contributed by atoms with Crippen LogP contribution in [0.25, 0.3) is 0 Å². The van der Waals surface area contributed by atoms with Crippen molar-refractivity contribution >= 4 is 33.4 Å². The molecule has 3 N–H and O–H groups in total. The van der Waals surface area contributed by atoms with Crippen LogP contribution in [-0.2, 0) is 9.59 Å². The molecule has 1 fully saturated rings. The Morgan fingerprint density at radius 2 is 1.83 bits per heavy atom. The van der Waals surface area contributed by atoms with Gasteiger partial charge in [0.2, 0.25) is 11.8 Å². The molecule has 2 amide bonds. The van der Waals surface area contributed by atoms with Crippen molar-refractivity contribution in [3.05, 3.63) is 28.7 Å². The van der Waals surface area contributed by atoms with Crippen LogP contribution in [0, 0.1) is 11.8 Å². The summed E-state index contributed by atoms with van der Waals surface area (Å²) in [5, 5.41) is 2.94. The molecule has 0 spiro atoms. The van der Waals surface area contributed by atoms with Crippen LogP contribution in [0.15, 0.2) is 28.7 Å². The van der Waals surface area contributed by atoms with Gasteiger partial charge in [0.1, 0.15) is 0 Å². The second kappa shape index (κ2) is 8.62. The van der Waals surface area contributed by atoms with Gasteiger partial charge in [0.25, 0.3) is 0 Å². The lowest BCUT2D eigenvalue weighted by molar-refractivity contribution is -0.136. The fraction of sp³-hybridized carbons (Fsp3) is 0.556. The second-order valence-electron chi connectivity index (χ2n) is 6.83. The van der Waals surface area contributed by atoms with Gasteiger partial charge in [-0.1, -0.05) is 29.8 Å². The van der Waals surface area contributed by atoms with E-state index in [1.165, 1.54) is 0 Å². The predicted octanol–water partition coefficient (Wildman–Crippen LogP) is 3.00. The smallest absolute Gasteiger partial charge is 0.239 e. The SMILES string of the molecule is CC(C)C[C@H](N)C(=O)N1CCC(C(=O)Nc2ccc(Br)cc2)CC1. The number of piperidine rings is 1. The summed E-state index contributed by atoms with van der Waals surface area (Å²) in [6.45, 7) is 5.32. The van der Waals surface area contributed by atoms with Crippen molar-refractivity contribution in [1.29, 1.82) is 0 Å². The lowest BCUT2D eigenvalue weighted by atomic mass is 9.94. The van der Waals surface area contributed by atoms with Crippen LogP contribution >= 0.6 is 15.9 Å². The summed E-state index contributed by atoms with van der Waals surface area (Å²) in [6, 6.07) is 7.09. The lowest BCUT2D eigenvalue weighted by Crippen LogP contribution is -2.48. The number of nitrogens with one attached hydrogen (secondary N) is 1. The second-order valence-corrected chi connectivity index (χ2v) is 7.75. The fourth-order valence-electron chi connectivity index (χ4n) is 2.98. The van der Waals surface area contributed by atoms with Crippen LogP contribution in [0.4, 0.5) is 5.69 Å². The molecule has 2 rings (SSSR count). The maximum atomic E-state index is 12.4. The Bertz CT molecular complexity index is 566. The van der Waals surface area contributed by atoms with E-state index in [4.69, 9.17) is 5.73 Å². The highest BCUT2D eigenvalue weighted by molar-refractivity contribution is 9.10. The number of hydrogen-bond donors (Lipinski definition) is 2. The Morgan fingerprint density at radius 3 is 2.38 bits per heavy atom. The molecule has 24 heavy (non-hydrogen) atoms. The van der Waals surface area contributed by atoms with Crippen molar-refractivity contribution in [3.8, 4) is 0 Å². The molecule has 1 aliphatic heterocycles. The molecule has 0 radical (unpaired) electrons. The minimum Gasteiger partial charge on any atom is -0.341 e. The average Bonchev–Trinajstić information content (AvgIpc) is 2.55. The molecule has 0 aromatic heterocycles. The molecule has 1 atom stereocenters. The highest BCUT2D eigenvalue weighted by atomic mass is 79.9. The van der Waals surface area contributed by atoms with Gasteiger partial charge >= 0.3 is 0 Å². The Labute approximate surface area is 152 Å². The topological polar surface area (TPSA) is 75.4 Å². The number of likely N-dealkylation sites (tertiary alicyclic amines) is 1. The fourth-order valence-corrected chi connectivity index (χ4v) is 3.25. The molecule has 0 saturated carbocycles. The first kappa shape index (κ1) is 18.9. The zero-order valence-corrected chi connectivity index (χ0v) is 15.9. The first-order chi connectivity index (χ1) is 11.4. The Balaban J connectivity index is 1.82. The highest BCUT2D eigenvalue weighted by Crippen LogP contribution is 2.21. The van der Waals surface area contributed by atoms with Gasteiger partial charge in [-0.3, -0.25) is 9.59 Å². The van der Waals surface area contributed by atoms with Crippen LogP contribution in [-0.4, -0.2) is 35.8 Å². The van der Waals surface area contributed by atoms with Crippen molar-refractivity contribution < 1.29 is 9.59 Å². The Hall–Kier alpha value is -1.40. The number of halogens is 1. The molecule has 132 valence electrons. The summed E-state index contributed by atoms with van der Waals surface area (Å²) in [4.78, 5) is 26.5. The average molecular weight is 396 g/mol. The van der Waals surface area contributed by atoms with Crippen molar-refractivity contribution in [1.82, 2.24) is 4.90 Å². The molecule has 1 saturated heterocycles. The van der Waals surface area contributed by atoms with E-state index < -0.39 is 6.04 Å². The largest absolute Gasteiger partial charge is 0.341 e. The normalized spacial score (nSPS) is 17.0. The van der Waals surface area contributed by atoms with Gasteiger partial charge in [0.05, 0.1) is 6.04 Å². The number of nitrogens with two attached hydrogens (primary N) is 1. The third-order valence-electron chi connectivity index (χ3n) is 4.33. The Morgan fingerprint density at radius 1 is 1.25 bits per heavy atom. The molecule has 1 aromatic rings. The molecule has 1 aromatic carbocycles. The van der Waals surface area contributed by atoms with Crippen LogP contribution < -0.4 is 11.1 Å². The lowest BCUT2D eigenvalue weighted by Gasteiger charge is -2.33. The minimum atomic E-state index is -0.432. The van der Waals surface area contributed by atoms with Gasteiger partial charge in [0.15, 0.2) is 0 Å². The van der Waals surface area contributed by atoms with Crippen molar-refractivity contribution in [2.45, 2.75) is 39.2 Å². The number of nitrogens with zero attached hydrogens (tertiary/aromatic N) is 1. The molecule has 0 unspecified atom stereocenters. The number of rotatable bonds is 5. The standard InChI is InChI=1S/C18H26BrN3O2/c1-12(2)11-16(20)18(24)22-9-7-13(8-10-22)17(23)21-15-5-3-14(19)4-6-15/h3-6,12-13,16H,7-11,20H2,1-2H3,(H,21,23)/t16-/m0/s1. The van der Waals surface area contributed by atoms with Crippen LogP contribution in [0.3, 0.4) is 0 Å². The highest BCUT2D eigenvalue weighted by Gasteiger charge is 2.29. The number of hydrogen-bond acceptors (Lipinski definition) is 3. The van der Waals surface area contributed by atoms with Gasteiger partial charge in [-0.15, -0.1) is 0 Å². The summed E-state index contributed by atoms with van der Waals surface area (Å²) >= 11 is 3.37. The maximum Gasteiger partial charge on any atom is 0.239 e. The number of benzene rings is 1. The maximum absolute atomic E-state index is 12.4. The van der Waals surface area contributed by atoms with E-state index in [0.29, 0.717) is 38.3 Å². The number of carbonyl (C=O) groups excluding carboxylic acids is 2. The van der Waals surface area contributed by atoms with Crippen LogP contribution in [0.1, 0.15) is 33.1 Å². The summed E-state index contributed by atoms with van der Waals surface area (Å²) in [5.74, 6) is 0.378. The van der Waals surface area contributed by atoms with Gasteiger partial charge in [-0.25, -0.2) is 0 Å². The summed E-state index contributed by atoms with van der Waals surface area (Å²) in [7, 11) is 0. The number of amides is 2. The predicted molar refractivity (Wildman–Crippen MR) is 99.5 cm³/mol. The summed E-state index contributed by atoms with van der Waals surface area (Å²) in [5.41, 5.74) is 6.78. The van der Waals surface area contributed by atoms with Crippen molar-refractivity contribution in [3.63, 3.8) is 0 Å².